The zero-order valence-electron chi connectivity index (χ0n) is 27.4. The van der Waals surface area contributed by atoms with E-state index in [1.54, 1.807) is 45.0 Å². The largest absolute Gasteiger partial charge is 0.494 e. The Morgan fingerprint density at radius 2 is 1.81 bits per heavy atom. The van der Waals surface area contributed by atoms with Gasteiger partial charge in [-0.05, 0) is 87.0 Å². The number of rotatable bonds is 15. The number of esters is 1. The van der Waals surface area contributed by atoms with E-state index in [0.29, 0.717) is 48.4 Å². The molecular weight excluding hydrogens is 598 g/mol. The number of aliphatic hydroxyl groups is 1. The number of azide groups is 1. The molecule has 3 aromatic carbocycles. The third-order valence-corrected chi connectivity index (χ3v) is 7.62. The van der Waals surface area contributed by atoms with E-state index in [4.69, 9.17) is 29.8 Å². The van der Waals surface area contributed by atoms with Crippen LogP contribution in [0.3, 0.4) is 0 Å². The van der Waals surface area contributed by atoms with Gasteiger partial charge in [0.25, 0.3) is 5.91 Å². The first kappa shape index (κ1) is 35.0. The summed E-state index contributed by atoms with van der Waals surface area (Å²) >= 11 is 0. The highest BCUT2D eigenvalue weighted by molar-refractivity contribution is 6.01. The quantitative estimate of drug-likeness (QED) is 0.0652. The van der Waals surface area contributed by atoms with Crippen LogP contribution in [0.15, 0.2) is 82.9 Å². The predicted octanol–water partition coefficient (Wildman–Crippen LogP) is 6.30. The molecule has 2 atom stereocenters. The molecule has 2 N–H and O–H groups in total. The molecule has 11 nitrogen and oxygen atoms in total. The van der Waals surface area contributed by atoms with Gasteiger partial charge in [0.2, 0.25) is 5.90 Å². The van der Waals surface area contributed by atoms with E-state index in [2.05, 4.69) is 15.3 Å². The number of ether oxygens (including phenoxy) is 3. The number of carbonyl (C=O) groups excluding carboxylic acids is 2. The summed E-state index contributed by atoms with van der Waals surface area (Å²) in [5, 5.41) is 15.9. The number of aliphatic imine (C=N–C) groups is 1. The Hall–Kier alpha value is -4.86. The van der Waals surface area contributed by atoms with Crippen LogP contribution in [0, 0.1) is 6.92 Å². The third-order valence-electron chi connectivity index (χ3n) is 7.62. The maximum absolute atomic E-state index is 14.4. The van der Waals surface area contributed by atoms with Crippen LogP contribution in [0.2, 0.25) is 0 Å². The van der Waals surface area contributed by atoms with E-state index in [0.717, 1.165) is 11.1 Å². The molecule has 1 aliphatic rings. The predicted molar refractivity (Wildman–Crippen MR) is 179 cm³/mol. The smallest absolute Gasteiger partial charge is 0.306 e. The van der Waals surface area contributed by atoms with Crippen LogP contribution in [0.1, 0.15) is 74.0 Å². The standard InChI is InChI=1S/C36H43N5O6/c1-25-10-12-26(13-11-25)19-21-38-34(44)36(20-18-31(43)47-35(2,3)4)32(30-9-6-5-8-28(30)24-39-41-37)46-33(40-36)27-14-16-29(17-15-27)45-23-7-22-42/h5-6,8-17,32,42H,7,18-24H2,1-4H3,(H,38,44)/t32-,36-/m1/s1. The summed E-state index contributed by atoms with van der Waals surface area (Å²) in [5.74, 6) is -0.00958. The highest BCUT2D eigenvalue weighted by Gasteiger charge is 2.53. The van der Waals surface area contributed by atoms with Gasteiger partial charge < -0.3 is 24.6 Å². The van der Waals surface area contributed by atoms with Crippen LogP contribution in [-0.2, 0) is 32.0 Å². The molecule has 47 heavy (non-hydrogen) atoms. The average molecular weight is 642 g/mol. The second kappa shape index (κ2) is 16.1. The molecule has 0 bridgehead atoms. The maximum atomic E-state index is 14.4. The number of benzene rings is 3. The van der Waals surface area contributed by atoms with Crippen molar-refractivity contribution in [1.29, 1.82) is 0 Å². The Labute approximate surface area is 275 Å². The van der Waals surface area contributed by atoms with Crippen molar-refractivity contribution < 1.29 is 28.9 Å². The summed E-state index contributed by atoms with van der Waals surface area (Å²) < 4.78 is 17.9. The van der Waals surface area contributed by atoms with Crippen LogP contribution in [-0.4, -0.2) is 53.8 Å². The first-order valence-electron chi connectivity index (χ1n) is 15.8. The van der Waals surface area contributed by atoms with E-state index in [-0.39, 0.29) is 31.9 Å². The van der Waals surface area contributed by atoms with E-state index in [1.165, 1.54) is 0 Å². The van der Waals surface area contributed by atoms with Gasteiger partial charge in [0.05, 0.1) is 13.2 Å². The number of hydrogen-bond acceptors (Lipinski definition) is 8. The molecule has 248 valence electrons. The highest BCUT2D eigenvalue weighted by Crippen LogP contribution is 2.44. The molecule has 0 aliphatic carbocycles. The molecule has 4 rings (SSSR count). The Balaban J connectivity index is 1.74. The fourth-order valence-electron chi connectivity index (χ4n) is 5.30. The topological polar surface area (TPSA) is 155 Å². The van der Waals surface area contributed by atoms with Gasteiger partial charge in [0.15, 0.2) is 11.6 Å². The summed E-state index contributed by atoms with van der Waals surface area (Å²) in [4.78, 5) is 35.4. The molecule has 0 saturated heterocycles. The molecule has 0 radical (unpaired) electrons. The minimum absolute atomic E-state index is 0.00461. The second-order valence-electron chi connectivity index (χ2n) is 12.5. The molecule has 1 aliphatic heterocycles. The van der Waals surface area contributed by atoms with Crippen molar-refractivity contribution in [2.24, 2.45) is 10.1 Å². The summed E-state index contributed by atoms with van der Waals surface area (Å²) in [6.45, 7) is 8.18. The van der Waals surface area contributed by atoms with Crippen LogP contribution < -0.4 is 10.1 Å². The maximum Gasteiger partial charge on any atom is 0.306 e. The summed E-state index contributed by atoms with van der Waals surface area (Å²) in [6, 6.07) is 22.5. The summed E-state index contributed by atoms with van der Waals surface area (Å²) in [6.07, 6.45) is 0.0832. The fourth-order valence-corrected chi connectivity index (χ4v) is 5.30. The lowest BCUT2D eigenvalue weighted by atomic mass is 9.81. The van der Waals surface area contributed by atoms with Crippen molar-refractivity contribution >= 4 is 17.8 Å². The summed E-state index contributed by atoms with van der Waals surface area (Å²) in [5.41, 5.74) is 10.9. The first-order chi connectivity index (χ1) is 22.5. The average Bonchev–Trinajstić information content (AvgIpc) is 3.44. The van der Waals surface area contributed by atoms with E-state index in [9.17, 15) is 9.59 Å². The van der Waals surface area contributed by atoms with Crippen LogP contribution in [0.5, 0.6) is 5.75 Å². The zero-order chi connectivity index (χ0) is 33.9. The van der Waals surface area contributed by atoms with Crippen LogP contribution in [0.4, 0.5) is 0 Å². The lowest BCUT2D eigenvalue weighted by molar-refractivity contribution is -0.155. The van der Waals surface area contributed by atoms with Crippen molar-refractivity contribution in [3.63, 3.8) is 0 Å². The molecule has 3 aromatic rings. The van der Waals surface area contributed by atoms with Gasteiger partial charge in [-0.3, -0.25) is 9.59 Å². The van der Waals surface area contributed by atoms with Crippen molar-refractivity contribution in [2.75, 3.05) is 19.8 Å². The Morgan fingerprint density at radius 1 is 1.09 bits per heavy atom. The molecule has 1 heterocycles. The lowest BCUT2D eigenvalue weighted by Crippen LogP contribution is -2.49. The zero-order valence-corrected chi connectivity index (χ0v) is 27.4. The second-order valence-corrected chi connectivity index (χ2v) is 12.5. The van der Waals surface area contributed by atoms with Gasteiger partial charge in [-0.25, -0.2) is 4.99 Å². The molecule has 0 unspecified atom stereocenters. The summed E-state index contributed by atoms with van der Waals surface area (Å²) in [7, 11) is 0. The number of carbonyl (C=O) groups is 2. The number of aryl methyl sites for hydroxylation is 1. The number of amides is 1. The van der Waals surface area contributed by atoms with Crippen molar-refractivity contribution in [3.8, 4) is 5.75 Å². The molecule has 0 saturated carbocycles. The molecule has 11 heteroatoms. The van der Waals surface area contributed by atoms with Crippen molar-refractivity contribution in [2.45, 2.75) is 77.2 Å². The monoisotopic (exact) mass is 641 g/mol. The Kier molecular flexibility index (Phi) is 12.0. The van der Waals surface area contributed by atoms with Gasteiger partial charge in [0, 0.05) is 36.5 Å². The van der Waals surface area contributed by atoms with Crippen molar-refractivity contribution in [3.05, 3.63) is 111 Å². The number of hydrogen-bond donors (Lipinski definition) is 2. The normalized spacial score (nSPS) is 17.2. The third kappa shape index (κ3) is 9.57. The highest BCUT2D eigenvalue weighted by atomic mass is 16.6. The van der Waals surface area contributed by atoms with Gasteiger partial charge in [0.1, 0.15) is 11.4 Å². The number of nitrogens with one attached hydrogen (secondary N) is 1. The molecule has 0 spiro atoms. The molecule has 1 amide bonds. The lowest BCUT2D eigenvalue weighted by Gasteiger charge is -2.32. The fraction of sp³-hybridized carbons (Fsp3) is 0.417. The van der Waals surface area contributed by atoms with E-state index >= 15 is 0 Å². The Morgan fingerprint density at radius 3 is 2.49 bits per heavy atom. The van der Waals surface area contributed by atoms with Gasteiger partial charge in [-0.1, -0.05) is 59.2 Å². The van der Waals surface area contributed by atoms with Crippen molar-refractivity contribution in [1.82, 2.24) is 5.32 Å². The number of nitrogens with zero attached hydrogens (tertiary/aromatic N) is 4. The van der Waals surface area contributed by atoms with Gasteiger partial charge in [-0.2, -0.15) is 0 Å². The SMILES string of the molecule is Cc1ccc(CCNC(=O)[C@]2(CCC(=O)OC(C)(C)C)N=C(c3ccc(OCCCO)cc3)O[C@@H]2c2ccccc2CN=[N+]=[N-])cc1. The first-order valence-corrected chi connectivity index (χ1v) is 15.8. The minimum atomic E-state index is -1.55. The minimum Gasteiger partial charge on any atom is -0.494 e. The molecular formula is C36H43N5O6. The number of aliphatic hydroxyl groups excluding tert-OH is 1. The van der Waals surface area contributed by atoms with Gasteiger partial charge >= 0.3 is 5.97 Å². The van der Waals surface area contributed by atoms with E-state index in [1.807, 2.05) is 55.5 Å². The molecule has 0 fully saturated rings. The van der Waals surface area contributed by atoms with Crippen LogP contribution in [0.25, 0.3) is 10.4 Å². The van der Waals surface area contributed by atoms with Crippen LogP contribution >= 0.6 is 0 Å². The Bertz CT molecular complexity index is 1590. The van der Waals surface area contributed by atoms with Gasteiger partial charge in [-0.15, -0.1) is 0 Å². The molecule has 0 aromatic heterocycles. The van der Waals surface area contributed by atoms with E-state index < -0.39 is 29.1 Å².